The SMILES string of the molecule is C=CCOCC(COCCCCCCCCC=CCC=CCCCCC)OCCCCCCCCC=CCC=CCCCCC. The minimum absolute atomic E-state index is 0.0209. The standard InChI is InChI=1S/C42H76O3/c1-4-7-9-11-13-15-17-19-21-23-25-27-29-31-33-35-38-44-41-42(40-43-37-6-3)45-39-36-34-32-30-28-26-24-22-20-18-16-14-12-10-8-5-2/h6,13-16,19-22,42H,3-5,7-12,17-18,23-41H2,1-2H3. The van der Waals surface area contributed by atoms with Gasteiger partial charge < -0.3 is 14.2 Å². The highest BCUT2D eigenvalue weighted by atomic mass is 16.6. The zero-order valence-corrected chi connectivity index (χ0v) is 30.2. The molecular formula is C42H76O3. The van der Waals surface area contributed by atoms with Crippen molar-refractivity contribution in [2.45, 2.75) is 174 Å². The van der Waals surface area contributed by atoms with Gasteiger partial charge in [0.15, 0.2) is 0 Å². The molecule has 0 rings (SSSR count). The van der Waals surface area contributed by atoms with Crippen molar-refractivity contribution in [1.29, 1.82) is 0 Å². The molecule has 0 amide bonds. The van der Waals surface area contributed by atoms with Crippen LogP contribution >= 0.6 is 0 Å². The van der Waals surface area contributed by atoms with Gasteiger partial charge in [-0.3, -0.25) is 0 Å². The molecule has 0 fully saturated rings. The van der Waals surface area contributed by atoms with Crippen molar-refractivity contribution in [3.05, 3.63) is 61.3 Å². The summed E-state index contributed by atoms with van der Waals surface area (Å²) < 4.78 is 17.8. The summed E-state index contributed by atoms with van der Waals surface area (Å²) in [5.41, 5.74) is 0. The van der Waals surface area contributed by atoms with Gasteiger partial charge in [-0.25, -0.2) is 0 Å². The number of hydrogen-bond acceptors (Lipinski definition) is 3. The molecule has 0 aromatic heterocycles. The van der Waals surface area contributed by atoms with Crippen LogP contribution in [0.5, 0.6) is 0 Å². The van der Waals surface area contributed by atoms with Crippen LogP contribution in [-0.4, -0.2) is 39.1 Å². The van der Waals surface area contributed by atoms with E-state index in [1.807, 2.05) is 0 Å². The molecule has 0 spiro atoms. The molecule has 0 saturated carbocycles. The third kappa shape index (κ3) is 38.7. The van der Waals surface area contributed by atoms with Crippen molar-refractivity contribution in [3.8, 4) is 0 Å². The van der Waals surface area contributed by atoms with Crippen LogP contribution in [0, 0.1) is 0 Å². The van der Waals surface area contributed by atoms with E-state index in [4.69, 9.17) is 14.2 Å². The molecule has 0 aliphatic rings. The van der Waals surface area contributed by atoms with Crippen LogP contribution in [0.2, 0.25) is 0 Å². The van der Waals surface area contributed by atoms with Gasteiger partial charge in [0.2, 0.25) is 0 Å². The lowest BCUT2D eigenvalue weighted by Gasteiger charge is -2.18. The van der Waals surface area contributed by atoms with Gasteiger partial charge in [0, 0.05) is 13.2 Å². The maximum Gasteiger partial charge on any atom is 0.104 e. The smallest absolute Gasteiger partial charge is 0.104 e. The minimum Gasteiger partial charge on any atom is -0.379 e. The number of hydrogen-bond donors (Lipinski definition) is 0. The molecule has 0 heterocycles. The average molecular weight is 629 g/mol. The van der Waals surface area contributed by atoms with E-state index in [1.54, 1.807) is 6.08 Å². The van der Waals surface area contributed by atoms with E-state index in [-0.39, 0.29) is 6.10 Å². The summed E-state index contributed by atoms with van der Waals surface area (Å²) in [7, 11) is 0. The lowest BCUT2D eigenvalue weighted by Crippen LogP contribution is -2.26. The van der Waals surface area contributed by atoms with Crippen molar-refractivity contribution >= 4 is 0 Å². The fraction of sp³-hybridized carbons (Fsp3) is 0.762. The molecular weight excluding hydrogens is 552 g/mol. The quantitative estimate of drug-likeness (QED) is 0.0506. The lowest BCUT2D eigenvalue weighted by molar-refractivity contribution is -0.0573. The van der Waals surface area contributed by atoms with E-state index in [0.717, 1.165) is 38.9 Å². The Balaban J connectivity index is 3.65. The molecule has 0 saturated heterocycles. The highest BCUT2D eigenvalue weighted by molar-refractivity contribution is 4.93. The third-order valence-electron chi connectivity index (χ3n) is 8.03. The first-order valence-corrected chi connectivity index (χ1v) is 19.3. The Bertz CT molecular complexity index is 677. The molecule has 0 bridgehead atoms. The van der Waals surface area contributed by atoms with E-state index in [1.165, 1.54) is 128 Å². The molecule has 1 atom stereocenters. The summed E-state index contributed by atoms with van der Waals surface area (Å²) >= 11 is 0. The van der Waals surface area contributed by atoms with Gasteiger partial charge in [-0.05, 0) is 77.0 Å². The van der Waals surface area contributed by atoms with E-state index in [0.29, 0.717) is 19.8 Å². The van der Waals surface area contributed by atoms with Gasteiger partial charge in [0.05, 0.1) is 19.8 Å². The Labute approximate surface area is 282 Å². The average Bonchev–Trinajstić information content (AvgIpc) is 3.05. The van der Waals surface area contributed by atoms with Gasteiger partial charge in [0.25, 0.3) is 0 Å². The Hall–Kier alpha value is -1.42. The van der Waals surface area contributed by atoms with Crippen LogP contribution in [0.25, 0.3) is 0 Å². The van der Waals surface area contributed by atoms with Crippen LogP contribution in [0.1, 0.15) is 168 Å². The number of ether oxygens (including phenoxy) is 3. The van der Waals surface area contributed by atoms with Gasteiger partial charge >= 0.3 is 0 Å². The maximum atomic E-state index is 6.13. The van der Waals surface area contributed by atoms with E-state index < -0.39 is 0 Å². The molecule has 0 aromatic carbocycles. The zero-order chi connectivity index (χ0) is 32.6. The molecule has 0 radical (unpaired) electrons. The van der Waals surface area contributed by atoms with Crippen molar-refractivity contribution < 1.29 is 14.2 Å². The van der Waals surface area contributed by atoms with Crippen molar-refractivity contribution in [1.82, 2.24) is 0 Å². The monoisotopic (exact) mass is 629 g/mol. The second kappa shape index (κ2) is 40.6. The van der Waals surface area contributed by atoms with Crippen LogP contribution in [0.3, 0.4) is 0 Å². The predicted molar refractivity (Wildman–Crippen MR) is 200 cm³/mol. The van der Waals surface area contributed by atoms with Gasteiger partial charge in [-0.1, -0.05) is 146 Å². The minimum atomic E-state index is 0.0209. The molecule has 0 aromatic rings. The number of rotatable bonds is 37. The van der Waals surface area contributed by atoms with E-state index in [9.17, 15) is 0 Å². The van der Waals surface area contributed by atoms with E-state index >= 15 is 0 Å². The van der Waals surface area contributed by atoms with E-state index in [2.05, 4.69) is 69.0 Å². The number of allylic oxidation sites excluding steroid dienone is 8. The van der Waals surface area contributed by atoms with Crippen molar-refractivity contribution in [3.63, 3.8) is 0 Å². The largest absolute Gasteiger partial charge is 0.379 e. The lowest BCUT2D eigenvalue weighted by atomic mass is 10.1. The summed E-state index contributed by atoms with van der Waals surface area (Å²) in [6, 6.07) is 0. The molecule has 0 aliphatic heterocycles. The normalized spacial score (nSPS) is 12.9. The number of unbranched alkanes of at least 4 members (excludes halogenated alkanes) is 18. The maximum absolute atomic E-state index is 6.13. The van der Waals surface area contributed by atoms with Crippen LogP contribution in [0.4, 0.5) is 0 Å². The summed E-state index contributed by atoms with van der Waals surface area (Å²) in [5.74, 6) is 0. The van der Waals surface area contributed by atoms with Crippen molar-refractivity contribution in [2.75, 3.05) is 33.0 Å². The predicted octanol–water partition coefficient (Wildman–Crippen LogP) is 13.2. The summed E-state index contributed by atoms with van der Waals surface area (Å²) in [4.78, 5) is 0. The topological polar surface area (TPSA) is 27.7 Å². The molecule has 3 heteroatoms. The van der Waals surface area contributed by atoms with Gasteiger partial charge in [-0.15, -0.1) is 6.58 Å². The summed E-state index contributed by atoms with van der Waals surface area (Å²) in [5, 5.41) is 0. The Morgan fingerprint density at radius 1 is 0.444 bits per heavy atom. The second-order valence-electron chi connectivity index (χ2n) is 12.6. The van der Waals surface area contributed by atoms with Crippen molar-refractivity contribution in [2.24, 2.45) is 0 Å². The highest BCUT2D eigenvalue weighted by Gasteiger charge is 2.09. The second-order valence-corrected chi connectivity index (χ2v) is 12.6. The highest BCUT2D eigenvalue weighted by Crippen LogP contribution is 2.11. The van der Waals surface area contributed by atoms with Gasteiger partial charge in [-0.2, -0.15) is 0 Å². The zero-order valence-electron chi connectivity index (χ0n) is 30.2. The van der Waals surface area contributed by atoms with Crippen LogP contribution in [0.15, 0.2) is 61.3 Å². The summed E-state index contributed by atoms with van der Waals surface area (Å²) in [6.07, 6.45) is 50.9. The van der Waals surface area contributed by atoms with Gasteiger partial charge in [0.1, 0.15) is 6.10 Å². The fourth-order valence-electron chi connectivity index (χ4n) is 5.17. The first-order valence-electron chi connectivity index (χ1n) is 19.3. The van der Waals surface area contributed by atoms with Crippen LogP contribution in [-0.2, 0) is 14.2 Å². The molecule has 0 aliphatic carbocycles. The fourth-order valence-corrected chi connectivity index (χ4v) is 5.17. The first kappa shape index (κ1) is 43.6. The Morgan fingerprint density at radius 3 is 1.31 bits per heavy atom. The Morgan fingerprint density at radius 2 is 0.844 bits per heavy atom. The molecule has 262 valence electrons. The summed E-state index contributed by atoms with van der Waals surface area (Å²) in [6.45, 7) is 11.7. The molecule has 3 nitrogen and oxygen atoms in total. The van der Waals surface area contributed by atoms with Crippen LogP contribution < -0.4 is 0 Å². The first-order chi connectivity index (χ1) is 22.3. The molecule has 1 unspecified atom stereocenters. The Kier molecular flexibility index (Phi) is 39.3. The molecule has 45 heavy (non-hydrogen) atoms. The third-order valence-corrected chi connectivity index (χ3v) is 8.03. The molecule has 0 N–H and O–H groups in total.